The Morgan fingerprint density at radius 3 is 2.52 bits per heavy atom. The van der Waals surface area contributed by atoms with Gasteiger partial charge in [-0.2, -0.15) is 0 Å². The van der Waals surface area contributed by atoms with E-state index in [4.69, 9.17) is 9.47 Å². The summed E-state index contributed by atoms with van der Waals surface area (Å²) in [7, 11) is 0. The summed E-state index contributed by atoms with van der Waals surface area (Å²) in [5, 5.41) is 4.59. The third-order valence-corrected chi connectivity index (χ3v) is 4.91. The van der Waals surface area contributed by atoms with Gasteiger partial charge in [-0.15, -0.1) is 11.3 Å². The van der Waals surface area contributed by atoms with Crippen molar-refractivity contribution in [2.24, 2.45) is 0 Å². The first kappa shape index (κ1) is 14.7. The van der Waals surface area contributed by atoms with E-state index in [-0.39, 0.29) is 6.04 Å². The monoisotopic (exact) mass is 368 g/mol. The Hall–Kier alpha value is -1.27. The zero-order valence-corrected chi connectivity index (χ0v) is 14.6. The number of thiazole rings is 1. The van der Waals surface area contributed by atoms with Crippen molar-refractivity contribution in [3.63, 3.8) is 0 Å². The fourth-order valence-corrected chi connectivity index (χ4v) is 3.77. The average Bonchev–Trinajstić information content (AvgIpc) is 2.78. The molecule has 1 aliphatic rings. The van der Waals surface area contributed by atoms with Gasteiger partial charge in [0.15, 0.2) is 11.5 Å². The molecule has 1 unspecified atom stereocenters. The lowest BCUT2D eigenvalue weighted by Crippen LogP contribution is -2.16. The first-order valence-electron chi connectivity index (χ1n) is 6.84. The van der Waals surface area contributed by atoms with E-state index in [0.29, 0.717) is 13.2 Å². The van der Waals surface area contributed by atoms with E-state index in [1.807, 2.05) is 19.1 Å². The normalized spacial score (nSPS) is 14.9. The van der Waals surface area contributed by atoms with Gasteiger partial charge in [0.05, 0.1) is 22.4 Å². The topological polar surface area (TPSA) is 43.4 Å². The van der Waals surface area contributed by atoms with Gasteiger partial charge in [0.1, 0.15) is 13.2 Å². The molecule has 0 amide bonds. The molecule has 1 aliphatic heterocycles. The van der Waals surface area contributed by atoms with Crippen LogP contribution < -0.4 is 14.8 Å². The number of hydrogen-bond donors (Lipinski definition) is 1. The highest BCUT2D eigenvalue weighted by Crippen LogP contribution is 2.39. The van der Waals surface area contributed by atoms with Crippen molar-refractivity contribution < 1.29 is 9.47 Å². The van der Waals surface area contributed by atoms with Crippen molar-refractivity contribution in [3.8, 4) is 11.5 Å². The molecule has 0 saturated carbocycles. The average molecular weight is 369 g/mol. The van der Waals surface area contributed by atoms with Gasteiger partial charge < -0.3 is 14.8 Å². The molecule has 0 bridgehead atoms. The summed E-state index contributed by atoms with van der Waals surface area (Å²) in [5.74, 6) is 1.57. The first-order valence-corrected chi connectivity index (χ1v) is 8.45. The lowest BCUT2D eigenvalue weighted by atomic mass is 10.2. The van der Waals surface area contributed by atoms with E-state index in [0.717, 1.165) is 32.4 Å². The molecule has 1 N–H and O–H groups in total. The quantitative estimate of drug-likeness (QED) is 0.867. The second-order valence-corrected chi connectivity index (χ2v) is 7.28. The van der Waals surface area contributed by atoms with Crippen LogP contribution in [0.3, 0.4) is 0 Å². The van der Waals surface area contributed by atoms with Crippen molar-refractivity contribution in [3.05, 3.63) is 32.2 Å². The van der Waals surface area contributed by atoms with Gasteiger partial charge in [-0.05, 0) is 36.7 Å². The van der Waals surface area contributed by atoms with Gasteiger partial charge >= 0.3 is 0 Å². The Balaban J connectivity index is 1.86. The first-order chi connectivity index (χ1) is 10.0. The van der Waals surface area contributed by atoms with E-state index < -0.39 is 0 Å². The second kappa shape index (κ2) is 5.85. The zero-order chi connectivity index (χ0) is 15.0. The summed E-state index contributed by atoms with van der Waals surface area (Å²) in [5.41, 5.74) is 2.08. The van der Waals surface area contributed by atoms with Crippen LogP contribution in [-0.4, -0.2) is 18.2 Å². The molecule has 6 heteroatoms. The Bertz CT molecular complexity index is 672. The van der Waals surface area contributed by atoms with Crippen molar-refractivity contribution in [2.45, 2.75) is 26.8 Å². The molecule has 0 spiro atoms. The zero-order valence-electron chi connectivity index (χ0n) is 12.2. The van der Waals surface area contributed by atoms with E-state index >= 15 is 0 Å². The van der Waals surface area contributed by atoms with Crippen LogP contribution in [0.25, 0.3) is 0 Å². The molecule has 0 saturated heterocycles. The van der Waals surface area contributed by atoms with Gasteiger partial charge in [-0.25, -0.2) is 4.98 Å². The number of nitrogens with zero attached hydrogens (tertiary/aromatic N) is 1. The van der Waals surface area contributed by atoms with E-state index in [1.54, 1.807) is 11.3 Å². The Labute approximate surface area is 136 Å². The van der Waals surface area contributed by atoms with Crippen molar-refractivity contribution >= 4 is 33.0 Å². The van der Waals surface area contributed by atoms with Crippen LogP contribution in [0.15, 0.2) is 16.6 Å². The Kier molecular flexibility index (Phi) is 4.08. The Morgan fingerprint density at radius 2 is 1.90 bits per heavy atom. The number of nitrogens with one attached hydrogen (secondary N) is 1. The molecular weight excluding hydrogens is 352 g/mol. The fourth-order valence-electron chi connectivity index (χ4n) is 2.42. The van der Waals surface area contributed by atoms with Gasteiger partial charge in [0, 0.05) is 21.5 Å². The molecule has 21 heavy (non-hydrogen) atoms. The standard InChI is InChI=1S/C15H17BrN2O2S/c1-8(15-9(2)21-10(3)18-15)17-12-7-14-13(6-11(12)16)19-4-5-20-14/h6-8,17H,4-5H2,1-3H3. The summed E-state index contributed by atoms with van der Waals surface area (Å²) in [6.45, 7) is 7.45. The molecule has 1 atom stereocenters. The van der Waals surface area contributed by atoms with Crippen LogP contribution in [0, 0.1) is 13.8 Å². The van der Waals surface area contributed by atoms with Gasteiger partial charge in [0.2, 0.25) is 0 Å². The van der Waals surface area contributed by atoms with Crippen molar-refractivity contribution in [1.29, 1.82) is 0 Å². The fraction of sp³-hybridized carbons (Fsp3) is 0.400. The third kappa shape index (κ3) is 3.01. The molecule has 2 heterocycles. The predicted molar refractivity (Wildman–Crippen MR) is 88.8 cm³/mol. The lowest BCUT2D eigenvalue weighted by molar-refractivity contribution is 0.171. The van der Waals surface area contributed by atoms with Crippen LogP contribution in [0.4, 0.5) is 5.69 Å². The van der Waals surface area contributed by atoms with Crippen LogP contribution in [0.1, 0.15) is 28.5 Å². The second-order valence-electron chi connectivity index (χ2n) is 5.02. The lowest BCUT2D eigenvalue weighted by Gasteiger charge is -2.22. The molecule has 1 aromatic carbocycles. The number of hydrogen-bond acceptors (Lipinski definition) is 5. The van der Waals surface area contributed by atoms with Crippen molar-refractivity contribution in [2.75, 3.05) is 18.5 Å². The number of aromatic nitrogens is 1. The third-order valence-electron chi connectivity index (χ3n) is 3.35. The number of anilines is 1. The number of ether oxygens (including phenoxy) is 2. The number of benzene rings is 1. The summed E-state index contributed by atoms with van der Waals surface area (Å²) in [4.78, 5) is 5.86. The molecule has 112 valence electrons. The maximum Gasteiger partial charge on any atom is 0.163 e. The maximum absolute atomic E-state index is 5.63. The highest BCUT2D eigenvalue weighted by Gasteiger charge is 2.18. The summed E-state index contributed by atoms with van der Waals surface area (Å²) >= 11 is 5.31. The molecule has 3 rings (SSSR count). The molecule has 0 radical (unpaired) electrons. The highest BCUT2D eigenvalue weighted by atomic mass is 79.9. The SMILES string of the molecule is Cc1nc(C(C)Nc2cc3c(cc2Br)OCCO3)c(C)s1. The van der Waals surface area contributed by atoms with Gasteiger partial charge in [-0.3, -0.25) is 0 Å². The van der Waals surface area contributed by atoms with E-state index in [1.165, 1.54) is 4.88 Å². The molecule has 2 aromatic rings. The van der Waals surface area contributed by atoms with Crippen LogP contribution in [-0.2, 0) is 0 Å². The van der Waals surface area contributed by atoms with Crippen molar-refractivity contribution in [1.82, 2.24) is 4.98 Å². The number of aryl methyl sites for hydroxylation is 2. The Morgan fingerprint density at radius 1 is 1.24 bits per heavy atom. The summed E-state index contributed by atoms with van der Waals surface area (Å²) in [6.07, 6.45) is 0. The number of rotatable bonds is 3. The smallest absolute Gasteiger partial charge is 0.163 e. The highest BCUT2D eigenvalue weighted by molar-refractivity contribution is 9.10. The van der Waals surface area contributed by atoms with Crippen LogP contribution >= 0.6 is 27.3 Å². The molecule has 0 aliphatic carbocycles. The predicted octanol–water partition coefficient (Wildman–Crippen LogP) is 4.47. The molecule has 0 fully saturated rings. The largest absolute Gasteiger partial charge is 0.486 e. The molecular formula is C15H17BrN2O2S. The minimum atomic E-state index is 0.133. The number of fused-ring (bicyclic) bond motifs is 1. The van der Waals surface area contributed by atoms with Crippen LogP contribution in [0.5, 0.6) is 11.5 Å². The summed E-state index contributed by atoms with van der Waals surface area (Å²) in [6, 6.07) is 4.06. The summed E-state index contributed by atoms with van der Waals surface area (Å²) < 4.78 is 12.2. The molecule has 1 aromatic heterocycles. The minimum absolute atomic E-state index is 0.133. The van der Waals surface area contributed by atoms with E-state index in [9.17, 15) is 0 Å². The minimum Gasteiger partial charge on any atom is -0.486 e. The van der Waals surface area contributed by atoms with Gasteiger partial charge in [-0.1, -0.05) is 0 Å². The van der Waals surface area contributed by atoms with E-state index in [2.05, 4.69) is 40.1 Å². The molecule has 4 nitrogen and oxygen atoms in total. The van der Waals surface area contributed by atoms with Crippen LogP contribution in [0.2, 0.25) is 0 Å². The maximum atomic E-state index is 5.63. The van der Waals surface area contributed by atoms with Gasteiger partial charge in [0.25, 0.3) is 0 Å². The number of halogens is 1.